The molecule has 5 N–H and O–H groups in total. The first-order valence-corrected chi connectivity index (χ1v) is 8.38. The van der Waals surface area contributed by atoms with Crippen molar-refractivity contribution >= 4 is 23.8 Å². The molecule has 1 heterocycles. The lowest BCUT2D eigenvalue weighted by atomic mass is 10.1. The fourth-order valence-corrected chi connectivity index (χ4v) is 2.22. The van der Waals surface area contributed by atoms with Crippen LogP contribution in [0.3, 0.4) is 0 Å². The second-order valence-electron chi connectivity index (χ2n) is 5.98. The number of nitrogens with zero attached hydrogens (tertiary/aromatic N) is 3. The van der Waals surface area contributed by atoms with Crippen LogP contribution < -0.4 is 16.0 Å². The van der Waals surface area contributed by atoms with Gasteiger partial charge in [0.05, 0.1) is 6.61 Å². The van der Waals surface area contributed by atoms with Crippen LogP contribution in [0.15, 0.2) is 30.3 Å². The van der Waals surface area contributed by atoms with E-state index >= 15 is 0 Å². The van der Waals surface area contributed by atoms with E-state index in [9.17, 15) is 9.90 Å². The molecule has 9 heteroatoms. The first-order valence-electron chi connectivity index (χ1n) is 8.38. The van der Waals surface area contributed by atoms with Gasteiger partial charge in [-0.3, -0.25) is 0 Å². The zero-order valence-electron chi connectivity index (χ0n) is 14.8. The summed E-state index contributed by atoms with van der Waals surface area (Å²) in [5, 5.41) is 27.3. The molecule has 26 heavy (non-hydrogen) atoms. The Hall–Kier alpha value is -2.94. The van der Waals surface area contributed by atoms with Crippen LogP contribution in [-0.4, -0.2) is 56.4 Å². The van der Waals surface area contributed by atoms with Gasteiger partial charge in [0, 0.05) is 19.0 Å². The Morgan fingerprint density at radius 3 is 2.23 bits per heavy atom. The van der Waals surface area contributed by atoms with Gasteiger partial charge in [0.1, 0.15) is 6.04 Å². The highest BCUT2D eigenvalue weighted by atomic mass is 16.4. The van der Waals surface area contributed by atoms with Crippen molar-refractivity contribution in [3.05, 3.63) is 35.9 Å². The Bertz CT molecular complexity index is 711. The number of aliphatic carboxylic acids is 1. The minimum absolute atomic E-state index is 0.0762. The number of aromatic nitrogens is 3. The first-order chi connectivity index (χ1) is 12.5. The van der Waals surface area contributed by atoms with E-state index in [1.54, 1.807) is 0 Å². The van der Waals surface area contributed by atoms with Gasteiger partial charge in [-0.1, -0.05) is 30.3 Å². The van der Waals surface area contributed by atoms with E-state index in [0.29, 0.717) is 5.95 Å². The Balaban J connectivity index is 2.21. The fraction of sp³-hybridized carbons (Fsp3) is 0.412. The largest absolute Gasteiger partial charge is 0.480 e. The summed E-state index contributed by atoms with van der Waals surface area (Å²) >= 11 is 0. The maximum atomic E-state index is 11.6. The molecule has 1 aromatic heterocycles. The van der Waals surface area contributed by atoms with Crippen LogP contribution in [0.1, 0.15) is 19.4 Å². The van der Waals surface area contributed by atoms with Gasteiger partial charge in [-0.25, -0.2) is 4.79 Å². The minimum atomic E-state index is -1.00. The Morgan fingerprint density at radius 2 is 1.65 bits per heavy atom. The highest BCUT2D eigenvalue weighted by molar-refractivity contribution is 5.77. The molecule has 0 aliphatic heterocycles. The summed E-state index contributed by atoms with van der Waals surface area (Å²) in [6.07, 6.45) is 0.286. The Kier molecular flexibility index (Phi) is 7.10. The summed E-state index contributed by atoms with van der Waals surface area (Å²) in [4.78, 5) is 24.3. The number of aliphatic hydroxyl groups excluding tert-OH is 1. The summed E-state index contributed by atoms with van der Waals surface area (Å²) < 4.78 is 0. The molecule has 0 aliphatic carbocycles. The molecule has 140 valence electrons. The number of hydrogen-bond acceptors (Lipinski definition) is 8. The molecule has 0 fully saturated rings. The zero-order valence-corrected chi connectivity index (χ0v) is 14.8. The van der Waals surface area contributed by atoms with Crippen LogP contribution in [0.25, 0.3) is 0 Å². The number of aliphatic hydroxyl groups is 1. The van der Waals surface area contributed by atoms with Crippen molar-refractivity contribution in [2.75, 3.05) is 29.1 Å². The van der Waals surface area contributed by atoms with Gasteiger partial charge in [0.15, 0.2) is 0 Å². The topological polar surface area (TPSA) is 132 Å². The van der Waals surface area contributed by atoms with E-state index in [1.165, 1.54) is 0 Å². The molecule has 2 aromatic rings. The molecule has 1 atom stereocenters. The lowest BCUT2D eigenvalue weighted by molar-refractivity contribution is -0.137. The average molecular weight is 360 g/mol. The van der Waals surface area contributed by atoms with Crippen LogP contribution in [0.2, 0.25) is 0 Å². The maximum absolute atomic E-state index is 11.6. The molecule has 0 amide bonds. The highest BCUT2D eigenvalue weighted by Gasteiger charge is 2.20. The van der Waals surface area contributed by atoms with Crippen LogP contribution in [-0.2, 0) is 11.2 Å². The number of carboxylic acid groups (broad SMARTS) is 1. The lowest BCUT2D eigenvalue weighted by Crippen LogP contribution is -2.32. The summed E-state index contributed by atoms with van der Waals surface area (Å²) in [5.74, 6) is -0.283. The van der Waals surface area contributed by atoms with Crippen LogP contribution in [0.4, 0.5) is 17.8 Å². The van der Waals surface area contributed by atoms with Crippen molar-refractivity contribution in [2.45, 2.75) is 32.4 Å². The third-order valence-corrected chi connectivity index (χ3v) is 3.33. The Labute approximate surface area is 151 Å². The maximum Gasteiger partial charge on any atom is 0.326 e. The molecule has 0 spiro atoms. The normalized spacial score (nSPS) is 11.8. The van der Waals surface area contributed by atoms with Crippen LogP contribution >= 0.6 is 0 Å². The number of nitrogens with one attached hydrogen (secondary N) is 3. The number of hydrogen-bond donors (Lipinski definition) is 5. The van der Waals surface area contributed by atoms with Crippen molar-refractivity contribution in [2.24, 2.45) is 0 Å². The summed E-state index contributed by atoms with van der Waals surface area (Å²) in [7, 11) is 0. The van der Waals surface area contributed by atoms with Gasteiger partial charge in [-0.2, -0.15) is 15.0 Å². The molecule has 0 bridgehead atoms. The molecule has 9 nitrogen and oxygen atoms in total. The molecular weight excluding hydrogens is 336 g/mol. The third-order valence-electron chi connectivity index (χ3n) is 3.33. The number of benzene rings is 1. The van der Waals surface area contributed by atoms with Crippen LogP contribution in [0.5, 0.6) is 0 Å². The van der Waals surface area contributed by atoms with Gasteiger partial charge in [0.25, 0.3) is 0 Å². The predicted octanol–water partition coefficient (Wildman–Crippen LogP) is 1.20. The van der Waals surface area contributed by atoms with Crippen LogP contribution in [0, 0.1) is 0 Å². The molecule has 0 saturated carbocycles. The molecule has 2 rings (SSSR count). The molecule has 0 radical (unpaired) electrons. The monoisotopic (exact) mass is 360 g/mol. The highest BCUT2D eigenvalue weighted by Crippen LogP contribution is 2.13. The minimum Gasteiger partial charge on any atom is -0.480 e. The second kappa shape index (κ2) is 9.52. The standard InChI is InChI=1S/C17H24N6O3/c1-11(2)19-16-21-15(18-8-9-24)22-17(23-16)20-13(14(25)26)10-12-6-4-3-5-7-12/h3-7,11,13,24H,8-10H2,1-2H3,(H,25,26)(H3,18,19,20,21,22,23)/t13-/m0/s1. The van der Waals surface area contributed by atoms with Gasteiger partial charge >= 0.3 is 5.97 Å². The first kappa shape index (κ1) is 19.4. The number of carbonyl (C=O) groups is 1. The Morgan fingerprint density at radius 1 is 1.04 bits per heavy atom. The molecular formula is C17H24N6O3. The van der Waals surface area contributed by atoms with E-state index < -0.39 is 12.0 Å². The summed E-state index contributed by atoms with van der Waals surface area (Å²) in [5.41, 5.74) is 0.889. The van der Waals surface area contributed by atoms with E-state index in [4.69, 9.17) is 5.11 Å². The number of carboxylic acids is 1. The molecule has 0 unspecified atom stereocenters. The number of anilines is 3. The van der Waals surface area contributed by atoms with Gasteiger partial charge in [-0.15, -0.1) is 0 Å². The van der Waals surface area contributed by atoms with Crippen molar-refractivity contribution in [3.8, 4) is 0 Å². The van der Waals surface area contributed by atoms with Crippen molar-refractivity contribution < 1.29 is 15.0 Å². The molecule has 0 saturated heterocycles. The van der Waals surface area contributed by atoms with Gasteiger partial charge in [-0.05, 0) is 19.4 Å². The predicted molar refractivity (Wildman–Crippen MR) is 99.4 cm³/mol. The summed E-state index contributed by atoms with van der Waals surface area (Å²) in [6.45, 7) is 4.07. The fourth-order valence-electron chi connectivity index (χ4n) is 2.22. The van der Waals surface area contributed by atoms with E-state index in [2.05, 4.69) is 30.9 Å². The lowest BCUT2D eigenvalue weighted by Gasteiger charge is -2.16. The quantitative estimate of drug-likeness (QED) is 0.424. The molecule has 1 aromatic carbocycles. The van der Waals surface area contributed by atoms with Gasteiger partial charge < -0.3 is 26.2 Å². The number of rotatable bonds is 10. The second-order valence-corrected chi connectivity index (χ2v) is 5.98. The van der Waals surface area contributed by atoms with E-state index in [-0.39, 0.29) is 37.5 Å². The molecule has 0 aliphatic rings. The summed E-state index contributed by atoms with van der Waals surface area (Å²) in [6, 6.07) is 8.53. The average Bonchev–Trinajstić information content (AvgIpc) is 2.59. The zero-order chi connectivity index (χ0) is 18.9. The third kappa shape index (κ3) is 6.17. The van der Waals surface area contributed by atoms with Crippen molar-refractivity contribution in [3.63, 3.8) is 0 Å². The van der Waals surface area contributed by atoms with Gasteiger partial charge in [0.2, 0.25) is 17.8 Å². The van der Waals surface area contributed by atoms with E-state index in [1.807, 2.05) is 44.2 Å². The van der Waals surface area contributed by atoms with Crippen molar-refractivity contribution in [1.82, 2.24) is 15.0 Å². The SMILES string of the molecule is CC(C)Nc1nc(NCCO)nc(N[C@@H](Cc2ccccc2)C(=O)O)n1. The smallest absolute Gasteiger partial charge is 0.326 e. The van der Waals surface area contributed by atoms with E-state index in [0.717, 1.165) is 5.56 Å². The van der Waals surface area contributed by atoms with Crippen molar-refractivity contribution in [1.29, 1.82) is 0 Å².